The minimum absolute atomic E-state index is 0.0673. The Bertz CT molecular complexity index is 435. The van der Waals surface area contributed by atoms with Crippen LogP contribution >= 0.6 is 0 Å². The minimum Gasteiger partial charge on any atom is -0.323 e. The molecule has 2 N–H and O–H groups in total. The van der Waals surface area contributed by atoms with Crippen LogP contribution in [0.15, 0.2) is 12.4 Å². The summed E-state index contributed by atoms with van der Waals surface area (Å²) in [5.41, 5.74) is 0.789. The van der Waals surface area contributed by atoms with Crippen molar-refractivity contribution in [2.45, 2.75) is 45.7 Å². The Hall–Kier alpha value is -1.40. The van der Waals surface area contributed by atoms with Gasteiger partial charge in [0.2, 0.25) is 5.91 Å². The van der Waals surface area contributed by atoms with Gasteiger partial charge in [-0.1, -0.05) is 13.8 Å². The topological polar surface area (TPSA) is 62.2 Å². The monoisotopic (exact) mass is 293 g/mol. The van der Waals surface area contributed by atoms with Gasteiger partial charge in [0.1, 0.15) is 0 Å². The Kier molecular flexibility index (Phi) is 6.20. The van der Waals surface area contributed by atoms with E-state index >= 15 is 0 Å². The highest BCUT2D eigenvalue weighted by atomic mass is 16.1. The van der Waals surface area contributed by atoms with Crippen LogP contribution in [0.4, 0.5) is 5.69 Å². The number of nitrogens with zero attached hydrogens (tertiary/aromatic N) is 3. The Morgan fingerprint density at radius 3 is 3.00 bits per heavy atom. The third kappa shape index (κ3) is 5.13. The minimum atomic E-state index is 0.0673. The summed E-state index contributed by atoms with van der Waals surface area (Å²) in [5, 5.41) is 10.6. The molecule has 1 fully saturated rings. The number of likely N-dealkylation sites (N-methyl/N-ethyl adjacent to an activating group) is 1. The molecular formula is C15H27N5O. The smallest absolute Gasteiger partial charge is 0.226 e. The van der Waals surface area contributed by atoms with Crippen LogP contribution in [-0.2, 0) is 11.3 Å². The highest BCUT2D eigenvalue weighted by Crippen LogP contribution is 2.11. The number of nitrogens with one attached hydrogen (secondary N) is 2. The van der Waals surface area contributed by atoms with Gasteiger partial charge in [0, 0.05) is 25.2 Å². The van der Waals surface area contributed by atoms with Crippen molar-refractivity contribution >= 4 is 11.6 Å². The lowest BCUT2D eigenvalue weighted by atomic mass is 10.1. The molecule has 1 aliphatic rings. The van der Waals surface area contributed by atoms with Gasteiger partial charge in [0.25, 0.3) is 0 Å². The van der Waals surface area contributed by atoms with Crippen LogP contribution < -0.4 is 10.6 Å². The van der Waals surface area contributed by atoms with Crippen molar-refractivity contribution in [2.75, 3.05) is 31.5 Å². The van der Waals surface area contributed by atoms with Gasteiger partial charge < -0.3 is 15.5 Å². The van der Waals surface area contributed by atoms with Crippen LogP contribution in [0.3, 0.4) is 0 Å². The van der Waals surface area contributed by atoms with Crippen molar-refractivity contribution in [1.29, 1.82) is 0 Å². The number of hydrogen-bond donors (Lipinski definition) is 2. The van der Waals surface area contributed by atoms with E-state index in [0.717, 1.165) is 44.8 Å². The van der Waals surface area contributed by atoms with E-state index in [9.17, 15) is 4.79 Å². The van der Waals surface area contributed by atoms with Gasteiger partial charge in [-0.3, -0.25) is 9.48 Å². The quantitative estimate of drug-likeness (QED) is 0.758. The predicted molar refractivity (Wildman–Crippen MR) is 84.3 cm³/mol. The first kappa shape index (κ1) is 16.0. The molecule has 1 saturated heterocycles. The van der Waals surface area contributed by atoms with Crippen LogP contribution in [-0.4, -0.2) is 52.8 Å². The molecule has 6 heteroatoms. The molecule has 1 aromatic heterocycles. The first-order chi connectivity index (χ1) is 10.2. The van der Waals surface area contributed by atoms with Crippen molar-refractivity contribution < 1.29 is 4.79 Å². The normalized spacial score (nSPS) is 18.3. The van der Waals surface area contributed by atoms with Gasteiger partial charge >= 0.3 is 0 Å². The van der Waals surface area contributed by atoms with Gasteiger partial charge in [-0.15, -0.1) is 0 Å². The maximum atomic E-state index is 11.9. The highest BCUT2D eigenvalue weighted by molar-refractivity contribution is 5.90. The van der Waals surface area contributed by atoms with Gasteiger partial charge in [-0.05, 0) is 32.5 Å². The van der Waals surface area contributed by atoms with Crippen LogP contribution in [0.2, 0.25) is 0 Å². The number of anilines is 1. The summed E-state index contributed by atoms with van der Waals surface area (Å²) >= 11 is 0. The van der Waals surface area contributed by atoms with E-state index in [4.69, 9.17) is 0 Å². The van der Waals surface area contributed by atoms with Crippen molar-refractivity contribution in [3.63, 3.8) is 0 Å². The molecule has 0 aromatic carbocycles. The van der Waals surface area contributed by atoms with Crippen LogP contribution in [0, 0.1) is 0 Å². The molecule has 118 valence electrons. The zero-order valence-electron chi connectivity index (χ0n) is 13.1. The van der Waals surface area contributed by atoms with E-state index in [-0.39, 0.29) is 5.91 Å². The van der Waals surface area contributed by atoms with Crippen molar-refractivity contribution in [3.05, 3.63) is 12.4 Å². The molecule has 6 nitrogen and oxygen atoms in total. The third-order valence-electron chi connectivity index (χ3n) is 4.05. The fourth-order valence-corrected chi connectivity index (χ4v) is 2.70. The summed E-state index contributed by atoms with van der Waals surface area (Å²) in [5.74, 6) is 0.0673. The molecule has 1 atom stereocenters. The van der Waals surface area contributed by atoms with E-state index in [2.05, 4.69) is 34.5 Å². The number of carbonyl (C=O) groups excluding carboxylic acids is 1. The second-order valence-corrected chi connectivity index (χ2v) is 5.56. The molecular weight excluding hydrogens is 266 g/mol. The summed E-state index contributed by atoms with van der Waals surface area (Å²) in [6.45, 7) is 9.28. The maximum absolute atomic E-state index is 11.9. The number of carbonyl (C=O) groups is 1. The van der Waals surface area contributed by atoms with E-state index < -0.39 is 0 Å². The highest BCUT2D eigenvalue weighted by Gasteiger charge is 2.17. The summed E-state index contributed by atoms with van der Waals surface area (Å²) in [4.78, 5) is 14.3. The molecule has 0 aliphatic carbocycles. The summed E-state index contributed by atoms with van der Waals surface area (Å²) in [7, 11) is 0. The Labute approximate surface area is 126 Å². The molecule has 1 aliphatic heterocycles. The van der Waals surface area contributed by atoms with E-state index in [1.54, 1.807) is 6.20 Å². The average molecular weight is 293 g/mol. The van der Waals surface area contributed by atoms with Crippen molar-refractivity contribution in [2.24, 2.45) is 0 Å². The lowest BCUT2D eigenvalue weighted by Gasteiger charge is -2.17. The van der Waals surface area contributed by atoms with Crippen LogP contribution in [0.5, 0.6) is 0 Å². The fraction of sp³-hybridized carbons (Fsp3) is 0.733. The number of rotatable bonds is 8. The lowest BCUT2D eigenvalue weighted by Crippen LogP contribution is -2.27. The first-order valence-corrected chi connectivity index (χ1v) is 7.99. The summed E-state index contributed by atoms with van der Waals surface area (Å²) in [6.07, 6.45) is 6.44. The largest absolute Gasteiger partial charge is 0.323 e. The fourth-order valence-electron chi connectivity index (χ4n) is 2.70. The Morgan fingerprint density at radius 2 is 2.33 bits per heavy atom. The molecule has 1 unspecified atom stereocenters. The maximum Gasteiger partial charge on any atom is 0.226 e. The number of hydrogen-bond acceptors (Lipinski definition) is 4. The second kappa shape index (κ2) is 8.14. The van der Waals surface area contributed by atoms with Gasteiger partial charge in [0.15, 0.2) is 0 Å². The number of aromatic nitrogens is 2. The zero-order chi connectivity index (χ0) is 15.1. The molecule has 0 radical (unpaired) electrons. The molecule has 0 spiro atoms. The zero-order valence-corrected chi connectivity index (χ0v) is 13.1. The molecule has 0 saturated carbocycles. The molecule has 1 aromatic rings. The summed E-state index contributed by atoms with van der Waals surface area (Å²) in [6, 6.07) is 0.336. The predicted octanol–water partition coefficient (Wildman–Crippen LogP) is 1.31. The first-order valence-electron chi connectivity index (χ1n) is 7.99. The van der Waals surface area contributed by atoms with E-state index in [1.807, 2.05) is 10.9 Å². The van der Waals surface area contributed by atoms with Crippen molar-refractivity contribution in [1.82, 2.24) is 20.0 Å². The summed E-state index contributed by atoms with van der Waals surface area (Å²) < 4.78 is 1.89. The molecule has 2 rings (SSSR count). The van der Waals surface area contributed by atoms with Gasteiger partial charge in [-0.2, -0.15) is 5.10 Å². The standard InChI is InChI=1S/C15H27N5O/c1-3-19(4-2)8-9-20-12-14(11-17-20)18-15(21)10-13-6-5-7-16-13/h11-13,16H,3-10H2,1-2H3,(H,18,21). The average Bonchev–Trinajstić information content (AvgIpc) is 3.12. The Balaban J connectivity index is 1.75. The van der Waals surface area contributed by atoms with E-state index in [0.29, 0.717) is 12.5 Å². The van der Waals surface area contributed by atoms with Crippen LogP contribution in [0.1, 0.15) is 33.1 Å². The van der Waals surface area contributed by atoms with Gasteiger partial charge in [-0.25, -0.2) is 0 Å². The Morgan fingerprint density at radius 1 is 1.52 bits per heavy atom. The van der Waals surface area contributed by atoms with E-state index in [1.165, 1.54) is 6.42 Å². The van der Waals surface area contributed by atoms with Crippen molar-refractivity contribution in [3.8, 4) is 0 Å². The SMILES string of the molecule is CCN(CC)CCn1cc(NC(=O)CC2CCCN2)cn1. The number of amides is 1. The lowest BCUT2D eigenvalue weighted by molar-refractivity contribution is -0.116. The van der Waals surface area contributed by atoms with Crippen LogP contribution in [0.25, 0.3) is 0 Å². The molecule has 2 heterocycles. The third-order valence-corrected chi connectivity index (χ3v) is 4.05. The molecule has 0 bridgehead atoms. The molecule has 1 amide bonds. The van der Waals surface area contributed by atoms with Gasteiger partial charge in [0.05, 0.1) is 18.4 Å². The second-order valence-electron chi connectivity index (χ2n) is 5.56. The molecule has 21 heavy (non-hydrogen) atoms.